The topological polar surface area (TPSA) is 58.4 Å². The minimum atomic E-state index is -0.0471. The van der Waals surface area contributed by atoms with E-state index in [-0.39, 0.29) is 5.91 Å². The van der Waals surface area contributed by atoms with Gasteiger partial charge in [0.2, 0.25) is 0 Å². The van der Waals surface area contributed by atoms with Gasteiger partial charge in [-0.2, -0.15) is 0 Å². The zero-order valence-electron chi connectivity index (χ0n) is 12.5. The van der Waals surface area contributed by atoms with Gasteiger partial charge in [-0.25, -0.2) is 0 Å². The van der Waals surface area contributed by atoms with Gasteiger partial charge in [0.1, 0.15) is 0 Å². The zero-order valence-corrected chi connectivity index (χ0v) is 12.5. The average Bonchev–Trinajstić information content (AvgIpc) is 2.49. The molecule has 0 aliphatic heterocycles. The Morgan fingerprint density at radius 2 is 1.86 bits per heavy atom. The van der Waals surface area contributed by atoms with Crippen LogP contribution in [-0.4, -0.2) is 26.5 Å². The molecule has 2 aromatic carbocycles. The van der Waals surface area contributed by atoms with Gasteiger partial charge in [0.05, 0.1) is 0 Å². The van der Waals surface area contributed by atoms with Crippen LogP contribution in [0.2, 0.25) is 0 Å². The Morgan fingerprint density at radius 3 is 2.52 bits per heavy atom. The number of amides is 1. The lowest BCUT2D eigenvalue weighted by atomic mass is 10.1. The highest BCUT2D eigenvalue weighted by Gasteiger charge is 2.06. The van der Waals surface area contributed by atoms with E-state index >= 15 is 0 Å². The molecule has 0 aromatic heterocycles. The Balaban J connectivity index is 1.89. The minimum Gasteiger partial charge on any atom is -0.399 e. The Labute approximate surface area is 125 Å². The Kier molecular flexibility index (Phi) is 4.82. The number of rotatable bonds is 5. The van der Waals surface area contributed by atoms with Crippen molar-refractivity contribution in [2.24, 2.45) is 0 Å². The molecule has 0 unspecified atom stereocenters. The summed E-state index contributed by atoms with van der Waals surface area (Å²) in [5, 5.41) is 2.94. The molecule has 0 saturated heterocycles. The van der Waals surface area contributed by atoms with Gasteiger partial charge in [-0.1, -0.05) is 18.2 Å². The van der Waals surface area contributed by atoms with Gasteiger partial charge >= 0.3 is 0 Å². The molecular weight excluding hydrogens is 262 g/mol. The van der Waals surface area contributed by atoms with Crippen LogP contribution >= 0.6 is 0 Å². The molecule has 110 valence electrons. The number of hydrogen-bond acceptors (Lipinski definition) is 3. The number of carbonyl (C=O) groups excluding carboxylic acids is 1. The summed E-state index contributed by atoms with van der Waals surface area (Å²) in [6.07, 6.45) is 0.791. The second-order valence-corrected chi connectivity index (χ2v) is 5.19. The second-order valence-electron chi connectivity index (χ2n) is 5.19. The molecule has 0 bridgehead atoms. The van der Waals surface area contributed by atoms with Crippen molar-refractivity contribution in [1.82, 2.24) is 5.32 Å². The summed E-state index contributed by atoms with van der Waals surface area (Å²) < 4.78 is 0. The van der Waals surface area contributed by atoms with Gasteiger partial charge in [0, 0.05) is 37.6 Å². The quantitative estimate of drug-likeness (QED) is 0.828. The lowest BCUT2D eigenvalue weighted by Gasteiger charge is -2.13. The molecule has 0 aliphatic carbocycles. The molecule has 0 radical (unpaired) electrons. The van der Waals surface area contributed by atoms with E-state index in [2.05, 4.69) is 5.32 Å². The molecule has 2 rings (SSSR count). The van der Waals surface area contributed by atoms with Crippen molar-refractivity contribution in [3.8, 4) is 0 Å². The number of benzene rings is 2. The molecule has 21 heavy (non-hydrogen) atoms. The Morgan fingerprint density at radius 1 is 1.14 bits per heavy atom. The fourth-order valence-electron chi connectivity index (χ4n) is 2.03. The summed E-state index contributed by atoms with van der Waals surface area (Å²) in [5.41, 5.74) is 9.25. The second kappa shape index (κ2) is 6.79. The van der Waals surface area contributed by atoms with Crippen LogP contribution in [0, 0.1) is 0 Å². The number of carbonyl (C=O) groups is 1. The first-order valence-electron chi connectivity index (χ1n) is 6.96. The molecule has 0 fully saturated rings. The summed E-state index contributed by atoms with van der Waals surface area (Å²) >= 11 is 0. The van der Waals surface area contributed by atoms with Gasteiger partial charge in [-0.3, -0.25) is 4.79 Å². The SMILES string of the molecule is CN(C)c1cccc(C(=O)NCCc2ccc(N)cc2)c1. The molecule has 0 heterocycles. The molecule has 0 spiro atoms. The fourth-order valence-corrected chi connectivity index (χ4v) is 2.03. The first-order valence-corrected chi connectivity index (χ1v) is 6.96. The van der Waals surface area contributed by atoms with E-state index in [0.29, 0.717) is 12.1 Å². The maximum absolute atomic E-state index is 12.1. The minimum absolute atomic E-state index is 0.0471. The summed E-state index contributed by atoms with van der Waals surface area (Å²) in [7, 11) is 3.91. The molecule has 1 amide bonds. The van der Waals surface area contributed by atoms with E-state index in [1.165, 1.54) is 0 Å². The van der Waals surface area contributed by atoms with Crippen molar-refractivity contribution in [3.63, 3.8) is 0 Å². The largest absolute Gasteiger partial charge is 0.399 e. The van der Waals surface area contributed by atoms with Crippen LogP contribution in [0.1, 0.15) is 15.9 Å². The number of nitrogens with two attached hydrogens (primary N) is 1. The fraction of sp³-hybridized carbons (Fsp3) is 0.235. The molecule has 2 aromatic rings. The summed E-state index contributed by atoms with van der Waals surface area (Å²) in [4.78, 5) is 14.1. The smallest absolute Gasteiger partial charge is 0.251 e. The van der Waals surface area contributed by atoms with E-state index in [0.717, 1.165) is 23.4 Å². The van der Waals surface area contributed by atoms with Crippen LogP contribution in [0.3, 0.4) is 0 Å². The van der Waals surface area contributed by atoms with Gasteiger partial charge < -0.3 is 16.0 Å². The van der Waals surface area contributed by atoms with E-state index in [4.69, 9.17) is 5.73 Å². The van der Waals surface area contributed by atoms with E-state index in [1.807, 2.05) is 67.5 Å². The average molecular weight is 283 g/mol. The third-order valence-electron chi connectivity index (χ3n) is 3.30. The highest BCUT2D eigenvalue weighted by atomic mass is 16.1. The first-order chi connectivity index (χ1) is 10.1. The van der Waals surface area contributed by atoms with Gasteiger partial charge in [-0.05, 0) is 42.3 Å². The number of hydrogen-bond donors (Lipinski definition) is 2. The number of nitrogens with one attached hydrogen (secondary N) is 1. The summed E-state index contributed by atoms with van der Waals surface area (Å²) in [6, 6.07) is 15.3. The van der Waals surface area contributed by atoms with E-state index in [1.54, 1.807) is 0 Å². The van der Waals surface area contributed by atoms with E-state index in [9.17, 15) is 4.79 Å². The standard InChI is InChI=1S/C17H21N3O/c1-20(2)16-5-3-4-14(12-16)17(21)19-11-10-13-6-8-15(18)9-7-13/h3-9,12H,10-11,18H2,1-2H3,(H,19,21). The lowest BCUT2D eigenvalue weighted by molar-refractivity contribution is 0.0954. The van der Waals surface area contributed by atoms with Crippen molar-refractivity contribution in [1.29, 1.82) is 0 Å². The van der Waals surface area contributed by atoms with Gasteiger partial charge in [-0.15, -0.1) is 0 Å². The molecular formula is C17H21N3O. The molecule has 4 heteroatoms. The monoisotopic (exact) mass is 283 g/mol. The van der Waals surface area contributed by atoms with Crippen LogP contribution in [0.5, 0.6) is 0 Å². The maximum Gasteiger partial charge on any atom is 0.251 e. The zero-order chi connectivity index (χ0) is 15.2. The third kappa shape index (κ3) is 4.24. The van der Waals surface area contributed by atoms with Crippen molar-refractivity contribution in [2.45, 2.75) is 6.42 Å². The normalized spacial score (nSPS) is 10.2. The predicted molar refractivity (Wildman–Crippen MR) is 87.7 cm³/mol. The Hall–Kier alpha value is -2.49. The summed E-state index contributed by atoms with van der Waals surface area (Å²) in [6.45, 7) is 0.606. The molecule has 0 atom stereocenters. The number of nitrogen functional groups attached to an aromatic ring is 1. The van der Waals surface area contributed by atoms with Crippen molar-refractivity contribution >= 4 is 17.3 Å². The van der Waals surface area contributed by atoms with Crippen molar-refractivity contribution < 1.29 is 4.79 Å². The van der Waals surface area contributed by atoms with Crippen LogP contribution in [0.4, 0.5) is 11.4 Å². The maximum atomic E-state index is 12.1. The van der Waals surface area contributed by atoms with Crippen LogP contribution < -0.4 is 16.0 Å². The highest BCUT2D eigenvalue weighted by Crippen LogP contribution is 2.13. The third-order valence-corrected chi connectivity index (χ3v) is 3.30. The predicted octanol–water partition coefficient (Wildman–Crippen LogP) is 2.31. The first kappa shape index (κ1) is 14.9. The van der Waals surface area contributed by atoms with Crippen LogP contribution in [-0.2, 0) is 6.42 Å². The van der Waals surface area contributed by atoms with E-state index < -0.39 is 0 Å². The summed E-state index contributed by atoms with van der Waals surface area (Å²) in [5.74, 6) is -0.0471. The molecule has 3 N–H and O–H groups in total. The van der Waals surface area contributed by atoms with Crippen LogP contribution in [0.15, 0.2) is 48.5 Å². The van der Waals surface area contributed by atoms with Crippen LogP contribution in [0.25, 0.3) is 0 Å². The van der Waals surface area contributed by atoms with Gasteiger partial charge in [0.15, 0.2) is 0 Å². The molecule has 4 nitrogen and oxygen atoms in total. The number of nitrogens with zero attached hydrogens (tertiary/aromatic N) is 1. The molecule has 0 aliphatic rings. The lowest BCUT2D eigenvalue weighted by Crippen LogP contribution is -2.25. The van der Waals surface area contributed by atoms with Crippen molar-refractivity contribution in [3.05, 3.63) is 59.7 Å². The Bertz CT molecular complexity index is 606. The van der Waals surface area contributed by atoms with Gasteiger partial charge in [0.25, 0.3) is 5.91 Å². The van der Waals surface area contributed by atoms with Crippen molar-refractivity contribution in [2.75, 3.05) is 31.3 Å². The number of anilines is 2. The highest BCUT2D eigenvalue weighted by molar-refractivity contribution is 5.95. The molecule has 0 saturated carbocycles.